The lowest BCUT2D eigenvalue weighted by atomic mass is 10.0. The average molecular weight is 2020 g/mol. The molecule has 12 heterocycles. The summed E-state index contributed by atoms with van der Waals surface area (Å²) in [5.41, 5.74) is 22.1. The Bertz CT molecular complexity index is 6440. The molecule has 14 N–H and O–H groups in total. The number of carbonyl (C=O) groups excluding carboxylic acids is 8. The average Bonchev–Trinajstić information content (AvgIpc) is 1.57. The minimum Gasteiger partial charge on any atom is -0.480 e. The fraction of sp³-hybridized carbons (Fsp3) is 0.270. The number of hydrogen-bond acceptors (Lipinski definition) is 34. The number of piperidine rings is 1. The molecule has 19 rings (SSSR count). The molecule has 0 radical (unpaired) electrons. The van der Waals surface area contributed by atoms with Crippen LogP contribution in [0.25, 0.3) is 33.4 Å². The van der Waals surface area contributed by atoms with Crippen LogP contribution in [0, 0.1) is 29.3 Å². The molecule has 49 heteroatoms. The first kappa shape index (κ1) is 98.6. The summed E-state index contributed by atoms with van der Waals surface area (Å²) >= 11 is 28.2. The van der Waals surface area contributed by atoms with E-state index in [1.165, 1.54) is 91.4 Å². The lowest BCUT2D eigenvalue weighted by Gasteiger charge is -2.37. The minimum atomic E-state index is -1.05. The quantitative estimate of drug-likeness (QED) is 0.0265. The second-order valence-corrected chi connectivity index (χ2v) is 37.0. The molecule has 6 unspecified atom stereocenters. The lowest BCUT2D eigenvalue weighted by Crippen LogP contribution is -2.55. The highest BCUT2D eigenvalue weighted by Crippen LogP contribution is 2.51. The summed E-state index contributed by atoms with van der Waals surface area (Å²) in [6.45, 7) is 4.65. The van der Waals surface area contributed by atoms with Crippen LogP contribution in [0.2, 0.25) is 15.1 Å². The smallest absolute Gasteiger partial charge is 0.346 e. The van der Waals surface area contributed by atoms with Crippen molar-refractivity contribution < 1.29 is 66.3 Å². The number of benzene rings is 6. The Morgan fingerprint density at radius 1 is 0.507 bits per heavy atom. The van der Waals surface area contributed by atoms with Gasteiger partial charge in [-0.05, 0) is 93.5 Å². The van der Waals surface area contributed by atoms with E-state index in [9.17, 15) is 47.5 Å². The summed E-state index contributed by atoms with van der Waals surface area (Å²) in [6, 6.07) is 31.2. The van der Waals surface area contributed by atoms with Crippen molar-refractivity contribution in [2.24, 2.45) is 59.3 Å². The van der Waals surface area contributed by atoms with Crippen molar-refractivity contribution in [1.82, 2.24) is 65.1 Å². The molecule has 9 aromatic rings. The molecular formula is C89H85Cl4F3N28O11S3. The molecule has 3 saturated heterocycles. The van der Waals surface area contributed by atoms with Crippen LogP contribution >= 0.6 is 81.7 Å². The molecule has 39 nitrogen and oxygen atoms in total. The number of amides is 7. The van der Waals surface area contributed by atoms with Crippen LogP contribution in [0.4, 0.5) is 47.3 Å². The van der Waals surface area contributed by atoms with Gasteiger partial charge in [0, 0.05) is 75.6 Å². The van der Waals surface area contributed by atoms with E-state index in [1.807, 2.05) is 32.8 Å². The number of aromatic nitrogens is 6. The van der Waals surface area contributed by atoms with Crippen LogP contribution in [0.1, 0.15) is 33.1 Å². The zero-order valence-corrected chi connectivity index (χ0v) is 78.7. The van der Waals surface area contributed by atoms with Gasteiger partial charge in [0.05, 0.1) is 77.3 Å². The van der Waals surface area contributed by atoms with Gasteiger partial charge in [-0.25, -0.2) is 62.8 Å². The number of carboxylic acids is 1. The predicted molar refractivity (Wildman–Crippen MR) is 521 cm³/mol. The van der Waals surface area contributed by atoms with Crippen LogP contribution in [0.5, 0.6) is 0 Å². The van der Waals surface area contributed by atoms with Crippen molar-refractivity contribution in [2.45, 2.75) is 85.5 Å². The van der Waals surface area contributed by atoms with Gasteiger partial charge in [-0.3, -0.25) is 53.4 Å². The fourth-order valence-electron chi connectivity index (χ4n) is 15.4. The Morgan fingerprint density at radius 3 is 1.22 bits per heavy atom. The van der Waals surface area contributed by atoms with E-state index in [2.05, 4.69) is 97.4 Å². The summed E-state index contributed by atoms with van der Waals surface area (Å²) in [5.74, 6) is -7.06. The second kappa shape index (κ2) is 44.0. The van der Waals surface area contributed by atoms with E-state index in [1.54, 1.807) is 152 Å². The van der Waals surface area contributed by atoms with Crippen LogP contribution in [0.15, 0.2) is 225 Å². The number of amidine groups is 3. The van der Waals surface area contributed by atoms with Gasteiger partial charge in [-0.1, -0.05) is 173 Å². The normalized spacial score (nSPS) is 21.1. The molecule has 0 spiro atoms. The van der Waals surface area contributed by atoms with E-state index in [-0.39, 0.29) is 94.7 Å². The predicted octanol–water partition coefficient (Wildman–Crippen LogP) is 9.67. The number of halogens is 7. The maximum absolute atomic E-state index is 15.6. The highest BCUT2D eigenvalue weighted by Gasteiger charge is 2.58. The van der Waals surface area contributed by atoms with Gasteiger partial charge in [-0.2, -0.15) is 15.3 Å². The molecule has 10 aliphatic rings. The zero-order valence-electron chi connectivity index (χ0n) is 73.2. The maximum atomic E-state index is 15.6. The number of primary amides is 3. The third kappa shape index (κ3) is 23.1. The number of hydrazone groups is 3. The van der Waals surface area contributed by atoms with Crippen molar-refractivity contribution in [3.63, 3.8) is 0 Å². The van der Waals surface area contributed by atoms with E-state index < -0.39 is 105 Å². The molecule has 0 bridgehead atoms. The standard InChI is InChI=1S/C29H25ClFN9O3S.C27H23ClFN9O4S.C16H14ClFN2O.C11H11N7O3S.C6H12ClN/c30-19-6-2-1-4-16(19)17-5-3-7-20(22(17)31)36-27(43)25-18-8-14(18)11-39(25)21(41)12-40-28-24(23(38-40)26(32)42)37-29(44-28)35-15-9-33-13-34-10-15;28-17-6-2-1-4-15(17)16-5-3-7-18(21(16)29)34-25(41)19-8-9-38(19)42-20(39)12-37-26-23(22(36-37)24(30)40)35-27(43-26)33-14-10-31-13-32-11-14;17-12-6-2-1-4-10(12)11-5-3-7-13(15(11)18)20-16(21)14-8-9-19-14;12-9(21)7-8-10(18(17-7)3-6(19)20)22-11(16-8)15-5-1-13-4-14-2-5;1-5(2)6(7)8(3)4/h1-7,9-10,13-14,18,24-25,28H,8,11-12H2,(H2,32,42)(H,35,37)(H,36,43);1-7,10-11,13,19,23,26H,8-9,12H2,(H2,30,40)(H,33,35)(H,34,41);1-7,14,19H,8-9H2,(H,20,21);1-2,4,8,10H,3H2,(H2,12,21)(H,15,16)(H,19,20);1-4H3/t14-,18-,24?,25-,28?;19-,23?,26?;14-;;/m000../s1. The topological polar surface area (TPSA) is 516 Å². The minimum absolute atomic E-state index is 0.00496. The molecular weight excluding hydrogens is 1930 g/mol. The number of rotatable bonds is 23. The number of nitrogens with zero attached hydrogens (tertiary/aromatic N) is 18. The molecule has 7 amide bonds. The number of carbonyl (C=O) groups is 9. The summed E-state index contributed by atoms with van der Waals surface area (Å²) < 4.78 is 45.5. The molecule has 9 aliphatic heterocycles. The van der Waals surface area contributed by atoms with Crippen molar-refractivity contribution in [2.75, 3.05) is 85.3 Å². The van der Waals surface area contributed by atoms with E-state index in [0.29, 0.717) is 89.4 Å². The van der Waals surface area contributed by atoms with E-state index in [4.69, 9.17) is 73.5 Å². The van der Waals surface area contributed by atoms with Gasteiger partial charge >= 0.3 is 11.9 Å². The SMILES string of the molecule is CC(C)=C(Cl)N(C)C.NC(=O)C1=NN(CC(=O)N2C[C@@H]3C[C@@H]3[C@H]2C(=O)Nc2cccc(-c3ccccc3Cl)c2F)C2SC(Nc3cncnc3)=NC12.NC(=O)C1=NN(CC(=O)O)C2SC(Nc3cncnc3)=NC12.NC(=O)C1=NN(CC(=O)ON2CC[C@H]2C(=O)Nc2cccc(-c3ccccc3Cl)c2F)C2SC(Nc3cncnc3)=NC12.O=C(Nc1cccc(-c2ccccc2Cl)c1F)[C@@H]1CCN1. The van der Waals surface area contributed by atoms with Crippen molar-refractivity contribution in [3.8, 4) is 33.4 Å². The van der Waals surface area contributed by atoms with E-state index >= 15 is 8.78 Å². The van der Waals surface area contributed by atoms with Gasteiger partial charge < -0.3 is 74.2 Å². The number of aliphatic imine (C=N–C) groups is 3. The summed E-state index contributed by atoms with van der Waals surface area (Å²) in [7, 11) is 3.85. The fourth-order valence-corrected chi connectivity index (χ4v) is 19.6. The number of thioether (sulfide) groups is 3. The maximum Gasteiger partial charge on any atom is 0.346 e. The summed E-state index contributed by atoms with van der Waals surface area (Å²) in [5, 5.41) is 49.0. The van der Waals surface area contributed by atoms with E-state index in [0.717, 1.165) is 30.1 Å². The Labute approximate surface area is 818 Å². The molecule has 1 aliphatic carbocycles. The first-order chi connectivity index (χ1) is 66.3. The number of hydroxylamine groups is 2. The summed E-state index contributed by atoms with van der Waals surface area (Å²) in [4.78, 5) is 157. The van der Waals surface area contributed by atoms with Gasteiger partial charge in [0.25, 0.3) is 17.7 Å². The third-order valence-corrected chi connectivity index (χ3v) is 27.4. The lowest BCUT2D eigenvalue weighted by molar-refractivity contribution is -0.225. The number of nitrogens with two attached hydrogens (primary N) is 3. The number of aliphatic carboxylic acids is 1. The van der Waals surface area contributed by atoms with Crippen LogP contribution in [0.3, 0.4) is 0 Å². The van der Waals surface area contributed by atoms with Gasteiger partial charge in [-0.15, -0.1) is 5.06 Å². The molecule has 6 aromatic carbocycles. The van der Waals surface area contributed by atoms with Crippen molar-refractivity contribution in [3.05, 3.63) is 227 Å². The zero-order chi connectivity index (χ0) is 97.9. The van der Waals surface area contributed by atoms with Crippen molar-refractivity contribution >= 4 is 202 Å². The molecule has 3 aromatic heterocycles. The Balaban J connectivity index is 0.000000142. The van der Waals surface area contributed by atoms with Crippen LogP contribution in [-0.4, -0.2) is 257 Å². The number of fused-ring (bicyclic) bond motifs is 4. The van der Waals surface area contributed by atoms with Gasteiger partial charge in [0.15, 0.2) is 50.1 Å². The molecule has 4 fully saturated rings. The Kier molecular flexibility index (Phi) is 31.5. The second-order valence-electron chi connectivity index (χ2n) is 32.1. The van der Waals surface area contributed by atoms with Gasteiger partial charge in [0.2, 0.25) is 23.6 Å². The summed E-state index contributed by atoms with van der Waals surface area (Å²) in [6.07, 6.45) is 15.6. The Morgan fingerprint density at radius 2 is 0.877 bits per heavy atom. The number of allylic oxidation sites excluding steroid dienone is 1. The first-order valence-electron chi connectivity index (χ1n) is 42.3. The number of likely N-dealkylation sites (tertiary alicyclic amines) is 1. The first-order valence-corrected chi connectivity index (χ1v) is 46.5. The number of nitrogens with one attached hydrogen (secondary N) is 7. The monoisotopic (exact) mass is 2010 g/mol. The molecule has 138 heavy (non-hydrogen) atoms. The van der Waals surface area contributed by atoms with Gasteiger partial charge in [0.1, 0.15) is 90.1 Å². The number of carboxylic acid groups (broad SMARTS) is 1. The Hall–Kier alpha value is -13.9. The highest BCUT2D eigenvalue weighted by atomic mass is 35.5. The highest BCUT2D eigenvalue weighted by molar-refractivity contribution is 8.15. The molecule has 1 saturated carbocycles. The third-order valence-electron chi connectivity index (χ3n) is 22.2. The number of hydrogen-bond donors (Lipinski definition) is 11. The largest absolute Gasteiger partial charge is 0.480 e. The van der Waals surface area contributed by atoms with Crippen molar-refractivity contribution in [1.29, 1.82) is 0 Å². The molecule has 11 atom stereocenters. The number of anilines is 6. The molecule has 714 valence electrons. The van der Waals surface area contributed by atoms with Crippen LogP contribution in [-0.2, 0) is 48.0 Å². The van der Waals surface area contributed by atoms with Crippen LogP contribution < -0.4 is 54.4 Å².